The smallest absolute Gasteiger partial charge is 0.335 e. The second-order valence-corrected chi connectivity index (χ2v) is 5.71. The summed E-state index contributed by atoms with van der Waals surface area (Å²) in [7, 11) is 0. The Labute approximate surface area is 120 Å². The topological polar surface area (TPSA) is 49.8 Å². The van der Waals surface area contributed by atoms with Gasteiger partial charge in [-0.15, -0.1) is 0 Å². The molecule has 0 spiro atoms. The summed E-state index contributed by atoms with van der Waals surface area (Å²) < 4.78 is 5.76. The number of piperidine rings is 1. The molecular weight excluding hydrogens is 254 g/mol. The number of carboxylic acids is 1. The lowest BCUT2D eigenvalue weighted by Gasteiger charge is -2.34. The highest BCUT2D eigenvalue weighted by atomic mass is 16.5. The first-order valence-electron chi connectivity index (χ1n) is 7.26. The lowest BCUT2D eigenvalue weighted by atomic mass is 9.97. The summed E-state index contributed by atoms with van der Waals surface area (Å²) >= 11 is 0. The zero-order valence-electron chi connectivity index (χ0n) is 12.2. The number of likely N-dealkylation sites (tertiary alicyclic amines) is 1. The highest BCUT2D eigenvalue weighted by molar-refractivity contribution is 5.87. The average Bonchev–Trinajstić information content (AvgIpc) is 2.46. The lowest BCUT2D eigenvalue weighted by Crippen LogP contribution is -2.39. The molecule has 4 nitrogen and oxygen atoms in total. The van der Waals surface area contributed by atoms with Crippen molar-refractivity contribution in [1.82, 2.24) is 4.90 Å². The number of carbonyl (C=O) groups is 1. The summed E-state index contributed by atoms with van der Waals surface area (Å²) in [6.07, 6.45) is 2.34. The zero-order chi connectivity index (χ0) is 14.5. The van der Waals surface area contributed by atoms with Crippen LogP contribution in [0.5, 0.6) is 5.75 Å². The molecule has 110 valence electrons. The minimum absolute atomic E-state index is 0.294. The first-order chi connectivity index (χ1) is 9.56. The molecule has 0 saturated carbocycles. The molecule has 1 N–H and O–H groups in total. The van der Waals surface area contributed by atoms with Gasteiger partial charge in [0.2, 0.25) is 0 Å². The maximum atomic E-state index is 10.8. The molecule has 20 heavy (non-hydrogen) atoms. The van der Waals surface area contributed by atoms with Crippen LogP contribution in [0.2, 0.25) is 0 Å². The second kappa shape index (κ2) is 6.75. The van der Waals surface area contributed by atoms with E-state index in [-0.39, 0.29) is 0 Å². The molecule has 0 bridgehead atoms. The molecule has 1 aliphatic rings. The highest BCUT2D eigenvalue weighted by Gasteiger charge is 2.21. The molecule has 2 rings (SSSR count). The molecule has 1 fully saturated rings. The van der Waals surface area contributed by atoms with Crippen molar-refractivity contribution in [2.45, 2.75) is 32.7 Å². The van der Waals surface area contributed by atoms with E-state index < -0.39 is 5.97 Å². The van der Waals surface area contributed by atoms with E-state index in [1.165, 1.54) is 12.8 Å². The van der Waals surface area contributed by atoms with Gasteiger partial charge in [-0.1, -0.05) is 0 Å². The van der Waals surface area contributed by atoms with Crippen molar-refractivity contribution in [3.63, 3.8) is 0 Å². The number of aromatic carboxylic acids is 1. The van der Waals surface area contributed by atoms with Crippen LogP contribution in [0, 0.1) is 5.92 Å². The van der Waals surface area contributed by atoms with Gasteiger partial charge in [0, 0.05) is 6.04 Å². The largest absolute Gasteiger partial charge is 0.493 e. The number of hydrogen-bond donors (Lipinski definition) is 1. The van der Waals surface area contributed by atoms with Gasteiger partial charge in [-0.25, -0.2) is 4.79 Å². The lowest BCUT2D eigenvalue weighted by molar-refractivity contribution is 0.0697. The molecule has 1 aliphatic heterocycles. The molecule has 1 saturated heterocycles. The number of rotatable bonds is 5. The van der Waals surface area contributed by atoms with Gasteiger partial charge in [0.1, 0.15) is 5.75 Å². The van der Waals surface area contributed by atoms with Crippen LogP contribution in [0.4, 0.5) is 0 Å². The predicted octanol–water partition coefficient (Wildman–Crippen LogP) is 2.88. The predicted molar refractivity (Wildman–Crippen MR) is 78.3 cm³/mol. The van der Waals surface area contributed by atoms with Gasteiger partial charge in [-0.05, 0) is 70.0 Å². The minimum atomic E-state index is -0.905. The van der Waals surface area contributed by atoms with E-state index >= 15 is 0 Å². The van der Waals surface area contributed by atoms with E-state index in [0.717, 1.165) is 25.4 Å². The Morgan fingerprint density at radius 3 is 2.40 bits per heavy atom. The van der Waals surface area contributed by atoms with Gasteiger partial charge in [0.25, 0.3) is 0 Å². The summed E-state index contributed by atoms with van der Waals surface area (Å²) in [5.41, 5.74) is 0.294. The number of ether oxygens (including phenoxy) is 1. The van der Waals surface area contributed by atoms with Crippen LogP contribution in [-0.2, 0) is 0 Å². The standard InChI is InChI=1S/C16H23NO3/c1-12(2)17-9-7-13(8-10-17)11-20-15-5-3-14(4-6-15)16(18)19/h3-6,12-13H,7-11H2,1-2H3,(H,18,19). The summed E-state index contributed by atoms with van der Waals surface area (Å²) in [4.78, 5) is 13.3. The summed E-state index contributed by atoms with van der Waals surface area (Å²) in [6.45, 7) is 7.48. The highest BCUT2D eigenvalue weighted by Crippen LogP contribution is 2.21. The fourth-order valence-corrected chi connectivity index (χ4v) is 2.54. The normalized spacial score (nSPS) is 17.4. The zero-order valence-corrected chi connectivity index (χ0v) is 12.2. The molecule has 0 atom stereocenters. The van der Waals surface area contributed by atoms with E-state index in [0.29, 0.717) is 17.5 Å². The third kappa shape index (κ3) is 3.97. The Morgan fingerprint density at radius 1 is 1.30 bits per heavy atom. The van der Waals surface area contributed by atoms with Crippen LogP contribution < -0.4 is 4.74 Å². The Kier molecular flexibility index (Phi) is 5.01. The third-order valence-corrected chi connectivity index (χ3v) is 3.97. The van der Waals surface area contributed by atoms with Crippen molar-refractivity contribution in [2.24, 2.45) is 5.92 Å². The van der Waals surface area contributed by atoms with Crippen molar-refractivity contribution < 1.29 is 14.6 Å². The van der Waals surface area contributed by atoms with Gasteiger partial charge in [-0.3, -0.25) is 0 Å². The molecule has 0 radical (unpaired) electrons. The first kappa shape index (κ1) is 14.9. The Balaban J connectivity index is 1.77. The Morgan fingerprint density at radius 2 is 1.90 bits per heavy atom. The molecule has 1 aromatic rings. The molecule has 0 unspecified atom stereocenters. The SMILES string of the molecule is CC(C)N1CCC(COc2ccc(C(=O)O)cc2)CC1. The summed E-state index contributed by atoms with van der Waals surface area (Å²) in [5, 5.41) is 8.83. The maximum absolute atomic E-state index is 10.8. The molecule has 0 aliphatic carbocycles. The number of carboxylic acid groups (broad SMARTS) is 1. The molecule has 1 heterocycles. The molecular formula is C16H23NO3. The summed E-state index contributed by atoms with van der Waals surface area (Å²) in [6, 6.07) is 7.25. The number of nitrogens with zero attached hydrogens (tertiary/aromatic N) is 1. The fourth-order valence-electron chi connectivity index (χ4n) is 2.54. The number of hydrogen-bond acceptors (Lipinski definition) is 3. The molecule has 0 amide bonds. The van der Waals surface area contributed by atoms with Crippen molar-refractivity contribution in [2.75, 3.05) is 19.7 Å². The third-order valence-electron chi connectivity index (χ3n) is 3.97. The Bertz CT molecular complexity index is 434. The minimum Gasteiger partial charge on any atom is -0.493 e. The van der Waals surface area contributed by atoms with E-state index in [9.17, 15) is 4.79 Å². The van der Waals surface area contributed by atoms with Crippen LogP contribution in [0.3, 0.4) is 0 Å². The van der Waals surface area contributed by atoms with Gasteiger partial charge < -0.3 is 14.7 Å². The second-order valence-electron chi connectivity index (χ2n) is 5.71. The van der Waals surface area contributed by atoms with E-state index in [1.54, 1.807) is 24.3 Å². The van der Waals surface area contributed by atoms with E-state index in [1.807, 2.05) is 0 Å². The maximum Gasteiger partial charge on any atom is 0.335 e. The van der Waals surface area contributed by atoms with Gasteiger partial charge in [0.05, 0.1) is 12.2 Å². The molecule has 4 heteroatoms. The fraction of sp³-hybridized carbons (Fsp3) is 0.562. The van der Waals surface area contributed by atoms with E-state index in [4.69, 9.17) is 9.84 Å². The Hall–Kier alpha value is -1.55. The monoisotopic (exact) mass is 277 g/mol. The van der Waals surface area contributed by atoms with Gasteiger partial charge in [-0.2, -0.15) is 0 Å². The van der Waals surface area contributed by atoms with Crippen molar-refractivity contribution in [1.29, 1.82) is 0 Å². The van der Waals surface area contributed by atoms with Crippen LogP contribution in [-0.4, -0.2) is 41.7 Å². The van der Waals surface area contributed by atoms with Crippen molar-refractivity contribution in [3.05, 3.63) is 29.8 Å². The number of benzene rings is 1. The van der Waals surface area contributed by atoms with Crippen molar-refractivity contribution in [3.8, 4) is 5.75 Å². The average molecular weight is 277 g/mol. The van der Waals surface area contributed by atoms with Crippen LogP contribution >= 0.6 is 0 Å². The van der Waals surface area contributed by atoms with Gasteiger partial charge >= 0.3 is 5.97 Å². The molecule has 0 aromatic heterocycles. The van der Waals surface area contributed by atoms with Gasteiger partial charge in [0.15, 0.2) is 0 Å². The quantitative estimate of drug-likeness (QED) is 0.899. The summed E-state index contributed by atoms with van der Waals surface area (Å²) in [5.74, 6) is 0.447. The first-order valence-corrected chi connectivity index (χ1v) is 7.26. The van der Waals surface area contributed by atoms with Crippen LogP contribution in [0.1, 0.15) is 37.0 Å². The van der Waals surface area contributed by atoms with E-state index in [2.05, 4.69) is 18.7 Å². The van der Waals surface area contributed by atoms with Crippen LogP contribution in [0.15, 0.2) is 24.3 Å². The molecule has 1 aromatic carbocycles. The van der Waals surface area contributed by atoms with Crippen molar-refractivity contribution >= 4 is 5.97 Å². The van der Waals surface area contributed by atoms with Crippen LogP contribution in [0.25, 0.3) is 0 Å².